The fraction of sp³-hybridized carbons (Fsp3) is 0.190. The van der Waals surface area contributed by atoms with Gasteiger partial charge in [-0.3, -0.25) is 10.2 Å². The Hall–Kier alpha value is -2.67. The summed E-state index contributed by atoms with van der Waals surface area (Å²) in [7, 11) is 0. The van der Waals surface area contributed by atoms with Crippen LogP contribution in [0.25, 0.3) is 21.8 Å². The van der Waals surface area contributed by atoms with Gasteiger partial charge in [0, 0.05) is 50.1 Å². The lowest BCUT2D eigenvalue weighted by Crippen LogP contribution is -2.28. The summed E-state index contributed by atoms with van der Waals surface area (Å²) in [4.78, 5) is 7.60. The highest BCUT2D eigenvalue weighted by molar-refractivity contribution is 6.32. The normalized spacial score (nSPS) is 17.0. The fourth-order valence-electron chi connectivity index (χ4n) is 3.57. The predicted octanol–water partition coefficient (Wildman–Crippen LogP) is 4.67. The van der Waals surface area contributed by atoms with Gasteiger partial charge in [-0.25, -0.2) is 5.48 Å². The molecule has 1 aliphatic carbocycles. The van der Waals surface area contributed by atoms with Crippen molar-refractivity contribution < 1.29 is 5.21 Å². The van der Waals surface area contributed by atoms with Crippen LogP contribution in [0.15, 0.2) is 58.6 Å². The van der Waals surface area contributed by atoms with E-state index < -0.39 is 0 Å². The van der Waals surface area contributed by atoms with Gasteiger partial charge in [0.25, 0.3) is 0 Å². The van der Waals surface area contributed by atoms with Crippen molar-refractivity contribution in [3.05, 3.63) is 64.2 Å². The number of benzene rings is 2. The minimum atomic E-state index is -0.00467. The van der Waals surface area contributed by atoms with Gasteiger partial charge in [-0.05, 0) is 54.8 Å². The van der Waals surface area contributed by atoms with Crippen LogP contribution in [0.1, 0.15) is 12.0 Å². The molecule has 0 fully saturated rings. The van der Waals surface area contributed by atoms with Crippen molar-refractivity contribution in [2.75, 3.05) is 11.9 Å². The molecule has 6 nitrogen and oxygen atoms in total. The minimum Gasteiger partial charge on any atom is -0.378 e. The van der Waals surface area contributed by atoms with Gasteiger partial charge in [-0.15, -0.1) is 0 Å². The predicted molar refractivity (Wildman–Crippen MR) is 121 cm³/mol. The van der Waals surface area contributed by atoms with Gasteiger partial charge in [-0.1, -0.05) is 35.4 Å². The Balaban J connectivity index is 1.74. The third-order valence-corrected chi connectivity index (χ3v) is 5.45. The molecule has 1 unspecified atom stereocenters. The smallest absolute Gasteiger partial charge is 0.212 e. The quantitative estimate of drug-likeness (QED) is 0.231. The molecule has 3 aromatic rings. The molecule has 1 aromatic heterocycles. The molecule has 6 N–H and O–H groups in total. The van der Waals surface area contributed by atoms with E-state index >= 15 is 0 Å². The Morgan fingerprint density at radius 3 is 2.86 bits per heavy atom. The molecule has 0 spiro atoms. The number of nitrogens with one attached hydrogen (secondary N) is 3. The molecule has 0 saturated heterocycles. The zero-order chi connectivity index (χ0) is 20.4. The summed E-state index contributed by atoms with van der Waals surface area (Å²) in [5, 5.41) is 16.0. The summed E-state index contributed by atoms with van der Waals surface area (Å²) in [5.41, 5.74) is 11.5. The third kappa shape index (κ3) is 4.34. The molecule has 0 aliphatic heterocycles. The summed E-state index contributed by atoms with van der Waals surface area (Å²) in [6.07, 6.45) is 7.46. The van der Waals surface area contributed by atoms with Crippen molar-refractivity contribution in [2.24, 2.45) is 10.7 Å². The first-order valence-electron chi connectivity index (χ1n) is 9.28. The van der Waals surface area contributed by atoms with Crippen LogP contribution in [0.2, 0.25) is 5.02 Å². The maximum Gasteiger partial charge on any atom is 0.212 e. The number of guanidine groups is 1. The van der Waals surface area contributed by atoms with E-state index in [4.69, 9.17) is 34.1 Å². The summed E-state index contributed by atoms with van der Waals surface area (Å²) in [5.74, 6) is -0.00467. The topological polar surface area (TPSA) is 98.5 Å². The van der Waals surface area contributed by atoms with E-state index in [1.807, 2.05) is 35.8 Å². The molecule has 0 bridgehead atoms. The standard InChI is InChI=1S/C21H21Cl2N5O/c22-13-1-4-15(5-2-13)26-16-9-12(7-8-25-21(24)28-29)20-18(11-16)17-10-14(23)3-6-19(17)27-20/h1-4,6,9-11,15,26-27,29H,5,7-8H2,(H3,24,25,28). The number of H-pyrrole nitrogens is 1. The second-order valence-corrected chi connectivity index (χ2v) is 7.81. The molecule has 1 atom stereocenters. The maximum atomic E-state index is 8.82. The Morgan fingerprint density at radius 2 is 2.10 bits per heavy atom. The first kappa shape index (κ1) is 19.6. The monoisotopic (exact) mass is 429 g/mol. The molecular weight excluding hydrogens is 409 g/mol. The first-order chi connectivity index (χ1) is 14.0. The van der Waals surface area contributed by atoms with Crippen molar-refractivity contribution in [1.29, 1.82) is 0 Å². The molecule has 0 saturated carbocycles. The number of fused-ring (bicyclic) bond motifs is 3. The average molecular weight is 430 g/mol. The van der Waals surface area contributed by atoms with Crippen LogP contribution in [0.4, 0.5) is 5.69 Å². The first-order valence-corrected chi connectivity index (χ1v) is 10.0. The fourth-order valence-corrected chi connectivity index (χ4v) is 3.91. The number of rotatable bonds is 5. The number of aromatic amines is 1. The zero-order valence-electron chi connectivity index (χ0n) is 15.5. The van der Waals surface area contributed by atoms with Gasteiger partial charge >= 0.3 is 0 Å². The van der Waals surface area contributed by atoms with Crippen LogP contribution in [-0.2, 0) is 6.42 Å². The summed E-state index contributed by atoms with van der Waals surface area (Å²) >= 11 is 12.3. The molecule has 29 heavy (non-hydrogen) atoms. The van der Waals surface area contributed by atoms with Crippen molar-refractivity contribution in [1.82, 2.24) is 10.5 Å². The Bertz CT molecular complexity index is 1150. The number of hydrogen-bond donors (Lipinski definition) is 5. The van der Waals surface area contributed by atoms with Crippen molar-refractivity contribution in [3.8, 4) is 0 Å². The maximum absolute atomic E-state index is 8.82. The second-order valence-electron chi connectivity index (χ2n) is 6.94. The highest BCUT2D eigenvalue weighted by Crippen LogP contribution is 2.33. The molecule has 0 radical (unpaired) electrons. The van der Waals surface area contributed by atoms with Crippen LogP contribution < -0.4 is 16.5 Å². The van der Waals surface area contributed by atoms with Crippen LogP contribution in [0, 0.1) is 0 Å². The van der Waals surface area contributed by atoms with E-state index in [1.165, 1.54) is 0 Å². The van der Waals surface area contributed by atoms with Crippen LogP contribution >= 0.6 is 23.2 Å². The highest BCUT2D eigenvalue weighted by atomic mass is 35.5. The van der Waals surface area contributed by atoms with Crippen LogP contribution in [0.5, 0.6) is 0 Å². The van der Waals surface area contributed by atoms with Gasteiger partial charge in [-0.2, -0.15) is 0 Å². The van der Waals surface area contributed by atoms with Gasteiger partial charge in [0.15, 0.2) is 0 Å². The Morgan fingerprint density at radius 1 is 1.24 bits per heavy atom. The second kappa shape index (κ2) is 8.37. The third-order valence-electron chi connectivity index (χ3n) is 4.94. The van der Waals surface area contributed by atoms with Gasteiger partial charge in [0.1, 0.15) is 0 Å². The van der Waals surface area contributed by atoms with Gasteiger partial charge in [0.2, 0.25) is 5.96 Å². The summed E-state index contributed by atoms with van der Waals surface area (Å²) < 4.78 is 0. The number of anilines is 1. The molecule has 2 aromatic carbocycles. The lowest BCUT2D eigenvalue weighted by atomic mass is 10.0. The van der Waals surface area contributed by atoms with E-state index in [-0.39, 0.29) is 12.0 Å². The SMILES string of the molecule is NC(=NCCc1cc(NC2C=CC(Cl)=CC2)cc2c1[nH]c1ccc(Cl)cc12)NO. The van der Waals surface area contributed by atoms with E-state index in [0.717, 1.165) is 44.5 Å². The number of allylic oxidation sites excluding steroid dienone is 2. The molecule has 4 rings (SSSR count). The minimum absolute atomic E-state index is 0.00467. The molecule has 1 heterocycles. The number of nitrogens with zero attached hydrogens (tertiary/aromatic N) is 1. The number of nitrogens with two attached hydrogens (primary N) is 1. The van der Waals surface area contributed by atoms with Gasteiger partial charge in [0.05, 0.1) is 0 Å². The van der Waals surface area contributed by atoms with E-state index in [0.29, 0.717) is 18.0 Å². The zero-order valence-corrected chi connectivity index (χ0v) is 17.1. The number of hydrogen-bond acceptors (Lipinski definition) is 3. The lowest BCUT2D eigenvalue weighted by molar-refractivity contribution is 0.232. The van der Waals surface area contributed by atoms with Crippen molar-refractivity contribution in [2.45, 2.75) is 18.9 Å². The van der Waals surface area contributed by atoms with Crippen molar-refractivity contribution in [3.63, 3.8) is 0 Å². The van der Waals surface area contributed by atoms with E-state index in [9.17, 15) is 0 Å². The number of hydroxylamine groups is 1. The molecule has 8 heteroatoms. The van der Waals surface area contributed by atoms with Crippen LogP contribution in [0.3, 0.4) is 0 Å². The number of halogens is 2. The number of aliphatic imine (C=N–C) groups is 1. The number of aromatic nitrogens is 1. The van der Waals surface area contributed by atoms with E-state index in [1.54, 1.807) is 0 Å². The van der Waals surface area contributed by atoms with Crippen LogP contribution in [-0.4, -0.2) is 28.7 Å². The summed E-state index contributed by atoms with van der Waals surface area (Å²) in [6.45, 7) is 0.440. The molecule has 1 aliphatic rings. The van der Waals surface area contributed by atoms with E-state index in [2.05, 4.69) is 33.5 Å². The average Bonchev–Trinajstić information content (AvgIpc) is 3.07. The molecule has 150 valence electrons. The summed E-state index contributed by atoms with van der Waals surface area (Å²) in [6, 6.07) is 10.2. The highest BCUT2D eigenvalue weighted by Gasteiger charge is 2.13. The lowest BCUT2D eigenvalue weighted by Gasteiger charge is -2.18. The largest absolute Gasteiger partial charge is 0.378 e. The van der Waals surface area contributed by atoms with Crippen molar-refractivity contribution >= 4 is 56.7 Å². The Kier molecular flexibility index (Phi) is 5.67. The molecular formula is C21H21Cl2N5O. The molecule has 0 amide bonds. The van der Waals surface area contributed by atoms with Gasteiger partial charge < -0.3 is 16.0 Å². The Labute approximate surface area is 178 Å².